The van der Waals surface area contributed by atoms with Crippen molar-refractivity contribution in [3.8, 4) is 0 Å². The van der Waals surface area contributed by atoms with Crippen LogP contribution < -0.4 is 0 Å². The normalized spacial score (nSPS) is 12.4. The van der Waals surface area contributed by atoms with Crippen molar-refractivity contribution in [1.29, 1.82) is 0 Å². The maximum Gasteiger partial charge on any atom is 0.305 e. The highest BCUT2D eigenvalue weighted by Crippen LogP contribution is 2.12. The molecule has 0 N–H and O–H groups in total. The molecule has 0 saturated carbocycles. The fourth-order valence-electron chi connectivity index (χ4n) is 3.39. The average molecular weight is 475 g/mol. The van der Waals surface area contributed by atoms with Gasteiger partial charge in [0.1, 0.15) is 0 Å². The molecule has 0 aromatic carbocycles. The summed E-state index contributed by atoms with van der Waals surface area (Å²) in [6.45, 7) is 14.4. The summed E-state index contributed by atoms with van der Waals surface area (Å²) < 4.78 is 27.5. The van der Waals surface area contributed by atoms with E-state index < -0.39 is 0 Å². The third kappa shape index (κ3) is 25.8. The third-order valence-corrected chi connectivity index (χ3v) is 5.62. The molecule has 33 heavy (non-hydrogen) atoms. The maximum absolute atomic E-state index is 11.7. The Hall–Kier alpha value is -0.690. The van der Waals surface area contributed by atoms with Crippen LogP contribution in [0, 0.1) is 11.8 Å². The molecule has 0 rings (SSSR count). The molecule has 1 unspecified atom stereocenters. The summed E-state index contributed by atoms with van der Waals surface area (Å²) in [5.74, 6) is 1.33. The van der Waals surface area contributed by atoms with Crippen molar-refractivity contribution >= 4 is 5.97 Å². The molecular formula is C27H54O6. The molecule has 0 aromatic heterocycles. The SMILES string of the molecule is CCCCC(CC)COCCOCCOCCOCCCC(=O)OCCCCCCC(C)C. The van der Waals surface area contributed by atoms with E-state index in [4.69, 9.17) is 23.7 Å². The third-order valence-electron chi connectivity index (χ3n) is 5.62. The zero-order chi connectivity index (χ0) is 24.4. The first-order valence-electron chi connectivity index (χ1n) is 13.6. The van der Waals surface area contributed by atoms with Crippen LogP contribution in [-0.2, 0) is 28.5 Å². The molecule has 0 saturated heterocycles. The quantitative estimate of drug-likeness (QED) is 0.110. The van der Waals surface area contributed by atoms with E-state index in [-0.39, 0.29) is 5.97 Å². The molecule has 6 nitrogen and oxygen atoms in total. The fraction of sp³-hybridized carbons (Fsp3) is 0.963. The van der Waals surface area contributed by atoms with Gasteiger partial charge in [0, 0.05) is 19.6 Å². The van der Waals surface area contributed by atoms with Gasteiger partial charge in [-0.1, -0.05) is 72.6 Å². The fourth-order valence-corrected chi connectivity index (χ4v) is 3.39. The summed E-state index contributed by atoms with van der Waals surface area (Å²) in [7, 11) is 0. The van der Waals surface area contributed by atoms with E-state index in [0.29, 0.717) is 71.6 Å². The van der Waals surface area contributed by atoms with Gasteiger partial charge < -0.3 is 23.7 Å². The Morgan fingerprint density at radius 2 is 1.24 bits per heavy atom. The molecule has 0 aliphatic carbocycles. The number of carbonyl (C=O) groups is 1. The topological polar surface area (TPSA) is 63.2 Å². The Kier molecular flexibility index (Phi) is 25.4. The number of esters is 1. The summed E-state index contributed by atoms with van der Waals surface area (Å²) >= 11 is 0. The lowest BCUT2D eigenvalue weighted by Gasteiger charge is -2.14. The molecule has 198 valence electrons. The van der Waals surface area contributed by atoms with Gasteiger partial charge in [0.25, 0.3) is 0 Å². The van der Waals surface area contributed by atoms with Crippen molar-refractivity contribution in [1.82, 2.24) is 0 Å². The van der Waals surface area contributed by atoms with Crippen LogP contribution in [0.3, 0.4) is 0 Å². The first-order valence-corrected chi connectivity index (χ1v) is 13.6. The summed E-state index contributed by atoms with van der Waals surface area (Å²) in [5.41, 5.74) is 0. The van der Waals surface area contributed by atoms with Crippen molar-refractivity contribution in [3.63, 3.8) is 0 Å². The Morgan fingerprint density at radius 1 is 0.636 bits per heavy atom. The van der Waals surface area contributed by atoms with Gasteiger partial charge in [0.2, 0.25) is 0 Å². The van der Waals surface area contributed by atoms with Crippen LogP contribution in [0.4, 0.5) is 0 Å². The summed E-state index contributed by atoms with van der Waals surface area (Å²) in [6.07, 6.45) is 12.0. The van der Waals surface area contributed by atoms with Crippen LogP contribution in [0.2, 0.25) is 0 Å². The predicted molar refractivity (Wildman–Crippen MR) is 135 cm³/mol. The van der Waals surface area contributed by atoms with Gasteiger partial charge in [-0.25, -0.2) is 0 Å². The van der Waals surface area contributed by atoms with Crippen LogP contribution in [0.5, 0.6) is 0 Å². The predicted octanol–water partition coefficient (Wildman–Crippen LogP) is 6.20. The lowest BCUT2D eigenvalue weighted by molar-refractivity contribution is -0.144. The molecule has 0 heterocycles. The number of unbranched alkanes of at least 4 members (excludes halogenated alkanes) is 4. The highest BCUT2D eigenvalue weighted by molar-refractivity contribution is 5.69. The van der Waals surface area contributed by atoms with Gasteiger partial charge >= 0.3 is 5.97 Å². The Morgan fingerprint density at radius 3 is 1.85 bits per heavy atom. The minimum atomic E-state index is -0.121. The second kappa shape index (κ2) is 25.9. The van der Waals surface area contributed by atoms with Crippen molar-refractivity contribution < 1.29 is 28.5 Å². The van der Waals surface area contributed by atoms with Crippen molar-refractivity contribution in [2.45, 2.75) is 98.3 Å². The number of ether oxygens (including phenoxy) is 5. The first-order chi connectivity index (χ1) is 16.1. The zero-order valence-corrected chi connectivity index (χ0v) is 22.2. The number of hydrogen-bond donors (Lipinski definition) is 0. The van der Waals surface area contributed by atoms with Gasteiger partial charge in [-0.05, 0) is 31.1 Å². The maximum atomic E-state index is 11.7. The van der Waals surface area contributed by atoms with Crippen LogP contribution in [0.15, 0.2) is 0 Å². The lowest BCUT2D eigenvalue weighted by atomic mass is 10.0. The van der Waals surface area contributed by atoms with Crippen molar-refractivity contribution in [2.75, 3.05) is 59.5 Å². The molecule has 0 aliphatic rings. The van der Waals surface area contributed by atoms with Gasteiger partial charge in [0.15, 0.2) is 0 Å². The second-order valence-corrected chi connectivity index (χ2v) is 9.25. The van der Waals surface area contributed by atoms with E-state index in [1.165, 1.54) is 44.9 Å². The molecule has 6 heteroatoms. The smallest absolute Gasteiger partial charge is 0.305 e. The van der Waals surface area contributed by atoms with Crippen molar-refractivity contribution in [2.24, 2.45) is 11.8 Å². The standard InChI is InChI=1S/C27H54O6/c1-5-7-14-26(6-2)24-32-23-22-31-21-20-30-19-18-29-16-12-15-27(28)33-17-11-9-8-10-13-25(3)4/h25-26H,5-24H2,1-4H3. The van der Waals surface area contributed by atoms with Gasteiger partial charge in [-0.2, -0.15) is 0 Å². The Balaban J connectivity index is 3.23. The van der Waals surface area contributed by atoms with Crippen LogP contribution in [0.25, 0.3) is 0 Å². The molecule has 0 radical (unpaired) electrons. The zero-order valence-electron chi connectivity index (χ0n) is 22.2. The van der Waals surface area contributed by atoms with Crippen LogP contribution in [0.1, 0.15) is 98.3 Å². The lowest BCUT2D eigenvalue weighted by Crippen LogP contribution is -2.14. The summed E-state index contributed by atoms with van der Waals surface area (Å²) in [5, 5.41) is 0. The highest BCUT2D eigenvalue weighted by atomic mass is 16.6. The molecule has 1 atom stereocenters. The van der Waals surface area contributed by atoms with Crippen molar-refractivity contribution in [3.05, 3.63) is 0 Å². The number of carbonyl (C=O) groups excluding carboxylic acids is 1. The molecule has 0 bridgehead atoms. The van der Waals surface area contributed by atoms with E-state index in [2.05, 4.69) is 27.7 Å². The molecular weight excluding hydrogens is 420 g/mol. The van der Waals surface area contributed by atoms with Gasteiger partial charge in [0.05, 0.1) is 46.2 Å². The minimum absolute atomic E-state index is 0.121. The molecule has 0 aromatic rings. The molecule has 0 fully saturated rings. The van der Waals surface area contributed by atoms with Gasteiger partial charge in [-0.15, -0.1) is 0 Å². The molecule has 0 spiro atoms. The summed E-state index contributed by atoms with van der Waals surface area (Å²) in [6, 6.07) is 0. The monoisotopic (exact) mass is 474 g/mol. The Labute approximate surface area is 204 Å². The first kappa shape index (κ1) is 32.3. The average Bonchev–Trinajstić information content (AvgIpc) is 2.80. The van der Waals surface area contributed by atoms with E-state index >= 15 is 0 Å². The van der Waals surface area contributed by atoms with E-state index in [9.17, 15) is 4.79 Å². The second-order valence-electron chi connectivity index (χ2n) is 9.25. The Bertz CT molecular complexity index is 402. The highest BCUT2D eigenvalue weighted by Gasteiger charge is 2.05. The van der Waals surface area contributed by atoms with Gasteiger partial charge in [-0.3, -0.25) is 4.79 Å². The van der Waals surface area contributed by atoms with E-state index in [0.717, 1.165) is 25.4 Å². The van der Waals surface area contributed by atoms with Crippen LogP contribution >= 0.6 is 0 Å². The minimum Gasteiger partial charge on any atom is -0.466 e. The number of rotatable bonds is 26. The largest absolute Gasteiger partial charge is 0.466 e. The van der Waals surface area contributed by atoms with E-state index in [1.54, 1.807) is 0 Å². The van der Waals surface area contributed by atoms with E-state index in [1.807, 2.05) is 0 Å². The molecule has 0 aliphatic heterocycles. The summed E-state index contributed by atoms with van der Waals surface area (Å²) in [4.78, 5) is 11.7. The molecule has 0 amide bonds. The number of hydrogen-bond acceptors (Lipinski definition) is 6. The van der Waals surface area contributed by atoms with Crippen LogP contribution in [-0.4, -0.2) is 65.4 Å².